The lowest BCUT2D eigenvalue weighted by Gasteiger charge is -2.22. The van der Waals surface area contributed by atoms with Gasteiger partial charge in [-0.15, -0.1) is 0 Å². The van der Waals surface area contributed by atoms with Crippen molar-refractivity contribution in [2.24, 2.45) is 5.92 Å². The van der Waals surface area contributed by atoms with E-state index in [2.05, 4.69) is 27.7 Å². The maximum absolute atomic E-state index is 12.0. The Morgan fingerprint density at radius 1 is 1.19 bits per heavy atom. The van der Waals surface area contributed by atoms with Gasteiger partial charge in [-0.05, 0) is 19.4 Å². The van der Waals surface area contributed by atoms with Crippen molar-refractivity contribution in [3.8, 4) is 11.4 Å². The van der Waals surface area contributed by atoms with Crippen LogP contribution in [0.15, 0.2) is 30.3 Å². The smallest absolute Gasteiger partial charge is 0.224 e. The molecule has 2 N–H and O–H groups in total. The van der Waals surface area contributed by atoms with Crippen molar-refractivity contribution in [3.05, 3.63) is 41.6 Å². The first-order valence-corrected chi connectivity index (χ1v) is 9.38. The third kappa shape index (κ3) is 3.29. The minimum Gasteiger partial charge on any atom is -0.359 e. The van der Waals surface area contributed by atoms with Crippen LogP contribution in [0.1, 0.15) is 17.7 Å². The Morgan fingerprint density at radius 2 is 2.00 bits per heavy atom. The second-order valence-electron chi connectivity index (χ2n) is 6.96. The standard InChI is InChI=1S/C20H25N5O/c1-21-20(26)15-9-12-25(13-15)19-16-7-10-22-11-8-17(16)23-18(24-19)14-5-3-2-4-6-14/h2-6,15,22H,7-13H2,1H3,(H,21,26)/t15-/m1/s1. The van der Waals surface area contributed by atoms with Crippen LogP contribution in [0, 0.1) is 5.92 Å². The largest absolute Gasteiger partial charge is 0.359 e. The maximum atomic E-state index is 12.0. The van der Waals surface area contributed by atoms with Crippen LogP contribution in [0.25, 0.3) is 11.4 Å². The molecule has 6 nitrogen and oxygen atoms in total. The van der Waals surface area contributed by atoms with Gasteiger partial charge in [-0.25, -0.2) is 9.97 Å². The number of nitrogens with one attached hydrogen (secondary N) is 2. The van der Waals surface area contributed by atoms with Crippen LogP contribution in [0.2, 0.25) is 0 Å². The number of fused-ring (bicyclic) bond motifs is 1. The van der Waals surface area contributed by atoms with Gasteiger partial charge in [0.05, 0.1) is 11.6 Å². The SMILES string of the molecule is CNC(=O)[C@@H]1CCN(c2nc(-c3ccccc3)nc3c2CCNCC3)C1. The lowest BCUT2D eigenvalue weighted by Crippen LogP contribution is -2.31. The second-order valence-corrected chi connectivity index (χ2v) is 6.96. The molecular formula is C20H25N5O. The molecule has 0 aliphatic carbocycles. The second kappa shape index (κ2) is 7.41. The number of anilines is 1. The van der Waals surface area contributed by atoms with Gasteiger partial charge in [0.1, 0.15) is 5.82 Å². The zero-order chi connectivity index (χ0) is 17.9. The van der Waals surface area contributed by atoms with E-state index in [-0.39, 0.29) is 11.8 Å². The number of benzene rings is 1. The van der Waals surface area contributed by atoms with Gasteiger partial charge in [0.25, 0.3) is 0 Å². The number of rotatable bonds is 3. The van der Waals surface area contributed by atoms with E-state index < -0.39 is 0 Å². The number of nitrogens with zero attached hydrogens (tertiary/aromatic N) is 3. The summed E-state index contributed by atoms with van der Waals surface area (Å²) < 4.78 is 0. The topological polar surface area (TPSA) is 70.2 Å². The maximum Gasteiger partial charge on any atom is 0.224 e. The lowest BCUT2D eigenvalue weighted by atomic mass is 10.1. The highest BCUT2D eigenvalue weighted by Gasteiger charge is 2.31. The Bertz CT molecular complexity index is 792. The summed E-state index contributed by atoms with van der Waals surface area (Å²) in [5, 5.41) is 6.24. The highest BCUT2D eigenvalue weighted by molar-refractivity contribution is 5.79. The minimum atomic E-state index is 0.0368. The molecule has 2 aliphatic heterocycles. The average Bonchev–Trinajstić information content (AvgIpc) is 3.06. The molecule has 0 radical (unpaired) electrons. The summed E-state index contributed by atoms with van der Waals surface area (Å²) in [6, 6.07) is 10.1. The number of aromatic nitrogens is 2. The number of carbonyl (C=O) groups excluding carboxylic acids is 1. The van der Waals surface area contributed by atoms with E-state index in [1.165, 1.54) is 5.56 Å². The first kappa shape index (κ1) is 17.0. The first-order chi connectivity index (χ1) is 12.8. The fraction of sp³-hybridized carbons (Fsp3) is 0.450. The third-order valence-corrected chi connectivity index (χ3v) is 5.30. The third-order valence-electron chi connectivity index (χ3n) is 5.30. The van der Waals surface area contributed by atoms with Gasteiger partial charge >= 0.3 is 0 Å². The molecule has 136 valence electrons. The van der Waals surface area contributed by atoms with E-state index in [0.717, 1.165) is 68.3 Å². The van der Waals surface area contributed by atoms with Crippen molar-refractivity contribution in [1.82, 2.24) is 20.6 Å². The fourth-order valence-corrected chi connectivity index (χ4v) is 3.87. The molecule has 1 saturated heterocycles. The van der Waals surface area contributed by atoms with E-state index >= 15 is 0 Å². The Hall–Kier alpha value is -2.47. The lowest BCUT2D eigenvalue weighted by molar-refractivity contribution is -0.123. The zero-order valence-corrected chi connectivity index (χ0v) is 15.2. The summed E-state index contributed by atoms with van der Waals surface area (Å²) in [5.41, 5.74) is 3.42. The van der Waals surface area contributed by atoms with Gasteiger partial charge in [0.2, 0.25) is 5.91 Å². The van der Waals surface area contributed by atoms with Gasteiger partial charge in [-0.1, -0.05) is 30.3 Å². The van der Waals surface area contributed by atoms with Crippen LogP contribution in [0.4, 0.5) is 5.82 Å². The molecular weight excluding hydrogens is 326 g/mol. The summed E-state index contributed by atoms with van der Waals surface area (Å²) in [4.78, 5) is 24.2. The van der Waals surface area contributed by atoms with Crippen LogP contribution in [0.3, 0.4) is 0 Å². The highest BCUT2D eigenvalue weighted by Crippen LogP contribution is 2.30. The summed E-state index contributed by atoms with van der Waals surface area (Å²) in [5.74, 6) is 1.96. The summed E-state index contributed by atoms with van der Waals surface area (Å²) in [7, 11) is 1.71. The van der Waals surface area contributed by atoms with Crippen molar-refractivity contribution >= 4 is 11.7 Å². The predicted octanol–water partition coefficient (Wildman–Crippen LogP) is 1.40. The average molecular weight is 351 g/mol. The highest BCUT2D eigenvalue weighted by atomic mass is 16.1. The van der Waals surface area contributed by atoms with Crippen LogP contribution in [0.5, 0.6) is 0 Å². The van der Waals surface area contributed by atoms with Crippen LogP contribution in [-0.4, -0.2) is 49.1 Å². The van der Waals surface area contributed by atoms with E-state index in [4.69, 9.17) is 9.97 Å². The van der Waals surface area contributed by atoms with E-state index in [1.54, 1.807) is 7.05 Å². The molecule has 3 heterocycles. The van der Waals surface area contributed by atoms with E-state index in [0.29, 0.717) is 0 Å². The normalized spacial score (nSPS) is 19.7. The van der Waals surface area contributed by atoms with Gasteiger partial charge in [-0.3, -0.25) is 4.79 Å². The quantitative estimate of drug-likeness (QED) is 0.875. The summed E-state index contributed by atoms with van der Waals surface area (Å²) in [6.45, 7) is 3.48. The van der Waals surface area contributed by atoms with Crippen molar-refractivity contribution in [1.29, 1.82) is 0 Å². The Morgan fingerprint density at radius 3 is 2.81 bits per heavy atom. The van der Waals surface area contributed by atoms with Crippen molar-refractivity contribution in [2.45, 2.75) is 19.3 Å². The van der Waals surface area contributed by atoms with Gasteiger partial charge < -0.3 is 15.5 Å². The molecule has 0 unspecified atom stereocenters. The Labute approximate surface area is 154 Å². The minimum absolute atomic E-state index is 0.0368. The van der Waals surface area contributed by atoms with Gasteiger partial charge in [-0.2, -0.15) is 0 Å². The number of amides is 1. The van der Waals surface area contributed by atoms with E-state index in [9.17, 15) is 4.79 Å². The van der Waals surface area contributed by atoms with Crippen LogP contribution < -0.4 is 15.5 Å². The summed E-state index contributed by atoms with van der Waals surface area (Å²) in [6.07, 6.45) is 2.72. The molecule has 0 bridgehead atoms. The summed E-state index contributed by atoms with van der Waals surface area (Å²) >= 11 is 0. The van der Waals surface area contributed by atoms with Crippen LogP contribution >= 0.6 is 0 Å². The molecule has 1 aromatic heterocycles. The van der Waals surface area contributed by atoms with Crippen molar-refractivity contribution in [3.63, 3.8) is 0 Å². The van der Waals surface area contributed by atoms with Gasteiger partial charge in [0, 0.05) is 44.2 Å². The molecule has 0 spiro atoms. The number of hydrogen-bond acceptors (Lipinski definition) is 5. The Balaban J connectivity index is 1.74. The number of carbonyl (C=O) groups is 1. The zero-order valence-electron chi connectivity index (χ0n) is 15.2. The predicted molar refractivity (Wildman–Crippen MR) is 102 cm³/mol. The molecule has 1 atom stereocenters. The molecule has 2 aromatic rings. The number of hydrogen-bond donors (Lipinski definition) is 2. The molecule has 2 aliphatic rings. The molecule has 1 fully saturated rings. The van der Waals surface area contributed by atoms with Crippen LogP contribution in [-0.2, 0) is 17.6 Å². The monoisotopic (exact) mass is 351 g/mol. The van der Waals surface area contributed by atoms with Crippen molar-refractivity contribution in [2.75, 3.05) is 38.1 Å². The first-order valence-electron chi connectivity index (χ1n) is 9.38. The molecule has 1 amide bonds. The molecule has 4 rings (SSSR count). The molecule has 6 heteroatoms. The molecule has 0 saturated carbocycles. The van der Waals surface area contributed by atoms with Gasteiger partial charge in [0.15, 0.2) is 5.82 Å². The van der Waals surface area contributed by atoms with Crippen molar-refractivity contribution < 1.29 is 4.79 Å². The fourth-order valence-electron chi connectivity index (χ4n) is 3.87. The van der Waals surface area contributed by atoms with E-state index in [1.807, 2.05) is 18.2 Å². The molecule has 26 heavy (non-hydrogen) atoms. The molecule has 1 aromatic carbocycles. The Kier molecular flexibility index (Phi) is 4.84.